The second kappa shape index (κ2) is 12.4. The molecule has 0 heterocycles. The van der Waals surface area contributed by atoms with E-state index in [0.717, 1.165) is 6.42 Å². The molecule has 0 aliphatic carbocycles. The van der Waals surface area contributed by atoms with E-state index >= 15 is 0 Å². The molecule has 4 heteroatoms. The minimum atomic E-state index is -0.816. The van der Waals surface area contributed by atoms with Crippen LogP contribution in [-0.4, -0.2) is 30.1 Å². The molecule has 0 saturated heterocycles. The van der Waals surface area contributed by atoms with Gasteiger partial charge in [0.05, 0.1) is 6.10 Å². The number of ketones is 1. The molecular weight excluding hydrogens is 256 g/mol. The zero-order chi connectivity index (χ0) is 15.2. The highest BCUT2D eigenvalue weighted by Crippen LogP contribution is 2.01. The highest BCUT2D eigenvalue weighted by Gasteiger charge is 1.99. The third-order valence-electron chi connectivity index (χ3n) is 2.71. The fourth-order valence-corrected chi connectivity index (χ4v) is 1.52. The van der Waals surface area contributed by atoms with Gasteiger partial charge in [-0.25, -0.2) is 0 Å². The molecule has 0 rings (SSSR count). The Hall–Kier alpha value is -1.68. The molecule has 0 aliphatic heterocycles. The van der Waals surface area contributed by atoms with Crippen molar-refractivity contribution >= 4 is 11.8 Å². The van der Waals surface area contributed by atoms with Crippen molar-refractivity contribution in [2.75, 3.05) is 7.11 Å². The van der Waals surface area contributed by atoms with E-state index in [1.54, 1.807) is 19.3 Å². The van der Waals surface area contributed by atoms with Crippen molar-refractivity contribution in [3.8, 4) is 0 Å². The first kappa shape index (κ1) is 18.3. The number of carbonyl (C=O) groups is 2. The van der Waals surface area contributed by atoms with Crippen LogP contribution in [0, 0.1) is 0 Å². The fraction of sp³-hybridized carbons (Fsp3) is 0.500. The lowest BCUT2D eigenvalue weighted by molar-refractivity contribution is -0.137. The smallest absolute Gasteiger partial charge is 0.303 e. The van der Waals surface area contributed by atoms with Gasteiger partial charge >= 0.3 is 5.97 Å². The number of hydrogen-bond donors (Lipinski definition) is 1. The summed E-state index contributed by atoms with van der Waals surface area (Å²) in [4.78, 5) is 21.7. The fourth-order valence-electron chi connectivity index (χ4n) is 1.52. The van der Waals surface area contributed by atoms with Gasteiger partial charge in [0.1, 0.15) is 0 Å². The topological polar surface area (TPSA) is 63.6 Å². The largest absolute Gasteiger partial charge is 0.481 e. The van der Waals surface area contributed by atoms with E-state index in [2.05, 4.69) is 0 Å². The van der Waals surface area contributed by atoms with Crippen molar-refractivity contribution < 1.29 is 19.4 Å². The zero-order valence-electron chi connectivity index (χ0n) is 12.2. The van der Waals surface area contributed by atoms with Crippen LogP contribution in [-0.2, 0) is 14.3 Å². The second-order valence-corrected chi connectivity index (χ2v) is 4.38. The zero-order valence-corrected chi connectivity index (χ0v) is 12.2. The average Bonchev–Trinajstić information content (AvgIpc) is 2.42. The van der Waals surface area contributed by atoms with Crippen molar-refractivity contribution in [1.29, 1.82) is 0 Å². The molecule has 0 amide bonds. The molecule has 1 unspecified atom stereocenters. The highest BCUT2D eigenvalue weighted by molar-refractivity contribution is 5.89. The lowest BCUT2D eigenvalue weighted by atomic mass is 10.1. The molecule has 0 radical (unpaired) electrons. The Morgan fingerprint density at radius 3 is 2.35 bits per heavy atom. The van der Waals surface area contributed by atoms with Crippen LogP contribution in [0.25, 0.3) is 0 Å². The van der Waals surface area contributed by atoms with Gasteiger partial charge in [-0.2, -0.15) is 0 Å². The maximum absolute atomic E-state index is 11.4. The van der Waals surface area contributed by atoms with Crippen LogP contribution >= 0.6 is 0 Å². The number of methoxy groups -OCH3 is 1. The number of carboxylic acids is 1. The summed E-state index contributed by atoms with van der Waals surface area (Å²) in [6.45, 7) is 2.05. The summed E-state index contributed by atoms with van der Waals surface area (Å²) in [5, 5.41) is 8.45. The summed E-state index contributed by atoms with van der Waals surface area (Å²) in [6, 6.07) is 0. The summed E-state index contributed by atoms with van der Waals surface area (Å²) in [5.74, 6) is -0.795. The quantitative estimate of drug-likeness (QED) is 0.358. The number of aliphatic carboxylic acids is 1. The third-order valence-corrected chi connectivity index (χ3v) is 2.71. The Morgan fingerprint density at radius 2 is 1.75 bits per heavy atom. The second-order valence-electron chi connectivity index (χ2n) is 4.38. The van der Waals surface area contributed by atoms with Gasteiger partial charge in [-0.05, 0) is 25.3 Å². The molecular formula is C16H24O4. The first-order valence-electron chi connectivity index (χ1n) is 6.89. The number of allylic oxidation sites excluding steroid dienone is 5. The monoisotopic (exact) mass is 280 g/mol. The van der Waals surface area contributed by atoms with Gasteiger partial charge in [0.15, 0.2) is 5.78 Å². The summed E-state index contributed by atoms with van der Waals surface area (Å²) in [5.41, 5.74) is 0. The molecule has 0 saturated carbocycles. The Bertz CT molecular complexity index is 363. The molecule has 0 aromatic carbocycles. The molecule has 1 N–H and O–H groups in total. The van der Waals surface area contributed by atoms with E-state index in [0.29, 0.717) is 19.3 Å². The summed E-state index contributed by atoms with van der Waals surface area (Å²) < 4.78 is 5.18. The average molecular weight is 280 g/mol. The van der Waals surface area contributed by atoms with Gasteiger partial charge < -0.3 is 9.84 Å². The Balaban J connectivity index is 3.82. The number of carbonyl (C=O) groups excluding carboxylic acids is 1. The van der Waals surface area contributed by atoms with Crippen molar-refractivity contribution in [1.82, 2.24) is 0 Å². The summed E-state index contributed by atoms with van der Waals surface area (Å²) >= 11 is 0. The Kier molecular flexibility index (Phi) is 11.3. The lowest BCUT2D eigenvalue weighted by Gasteiger charge is -2.04. The number of carboxylic acid groups (broad SMARTS) is 1. The molecule has 0 fully saturated rings. The minimum absolute atomic E-state index is 0.0207. The third kappa shape index (κ3) is 11.4. The van der Waals surface area contributed by atoms with Gasteiger partial charge in [0.2, 0.25) is 0 Å². The van der Waals surface area contributed by atoms with E-state index in [-0.39, 0.29) is 18.3 Å². The van der Waals surface area contributed by atoms with Gasteiger partial charge in [0, 0.05) is 20.0 Å². The highest BCUT2D eigenvalue weighted by atomic mass is 16.5. The molecule has 0 bridgehead atoms. The van der Waals surface area contributed by atoms with Gasteiger partial charge in [0.25, 0.3) is 0 Å². The van der Waals surface area contributed by atoms with Crippen LogP contribution in [0.5, 0.6) is 0 Å². The first-order chi connectivity index (χ1) is 9.60. The van der Waals surface area contributed by atoms with Crippen LogP contribution in [0.2, 0.25) is 0 Å². The van der Waals surface area contributed by atoms with Crippen LogP contribution in [0.4, 0.5) is 0 Å². The van der Waals surface area contributed by atoms with Gasteiger partial charge in [-0.15, -0.1) is 0 Å². The van der Waals surface area contributed by atoms with E-state index in [1.165, 1.54) is 6.08 Å². The molecule has 0 spiro atoms. The van der Waals surface area contributed by atoms with Gasteiger partial charge in [-0.3, -0.25) is 9.59 Å². The SMILES string of the molecule is CCC(C=CC=CC=CC(=O)CCCCC(=O)O)OC. The van der Waals surface area contributed by atoms with Crippen LogP contribution < -0.4 is 0 Å². The number of rotatable bonds is 11. The van der Waals surface area contributed by atoms with E-state index < -0.39 is 5.97 Å². The van der Waals surface area contributed by atoms with Crippen molar-refractivity contribution in [3.05, 3.63) is 36.5 Å². The first-order valence-corrected chi connectivity index (χ1v) is 6.89. The number of ether oxygens (including phenoxy) is 1. The molecule has 0 aromatic heterocycles. The predicted octanol–water partition coefficient (Wildman–Crippen LogP) is 3.29. The molecule has 0 aliphatic rings. The van der Waals surface area contributed by atoms with Gasteiger partial charge in [-0.1, -0.05) is 37.3 Å². The van der Waals surface area contributed by atoms with E-state index in [4.69, 9.17) is 9.84 Å². The lowest BCUT2D eigenvalue weighted by Crippen LogP contribution is -2.03. The molecule has 112 valence electrons. The predicted molar refractivity (Wildman–Crippen MR) is 79.6 cm³/mol. The van der Waals surface area contributed by atoms with Crippen LogP contribution in [0.15, 0.2) is 36.5 Å². The standard InChI is InChI=1S/C16H24O4/c1-3-15(20-2)12-7-5-4-6-10-14(17)11-8-9-13-16(18)19/h4-7,10,12,15H,3,8-9,11,13H2,1-2H3,(H,18,19). The number of unbranched alkanes of at least 4 members (excludes halogenated alkanes) is 1. The Morgan fingerprint density at radius 1 is 1.10 bits per heavy atom. The van der Waals surface area contributed by atoms with Crippen LogP contribution in [0.1, 0.15) is 39.0 Å². The molecule has 4 nitrogen and oxygen atoms in total. The summed E-state index contributed by atoms with van der Waals surface area (Å²) in [6.07, 6.45) is 13.4. The normalized spacial score (nSPS) is 13.5. The van der Waals surface area contributed by atoms with Crippen LogP contribution in [0.3, 0.4) is 0 Å². The number of hydrogen-bond acceptors (Lipinski definition) is 3. The van der Waals surface area contributed by atoms with Crippen molar-refractivity contribution in [2.24, 2.45) is 0 Å². The maximum Gasteiger partial charge on any atom is 0.303 e. The summed E-state index contributed by atoms with van der Waals surface area (Å²) in [7, 11) is 1.67. The molecule has 1 atom stereocenters. The van der Waals surface area contributed by atoms with E-state index in [9.17, 15) is 9.59 Å². The van der Waals surface area contributed by atoms with Crippen molar-refractivity contribution in [2.45, 2.75) is 45.1 Å². The van der Waals surface area contributed by atoms with E-state index in [1.807, 2.05) is 25.2 Å². The molecule has 0 aromatic rings. The minimum Gasteiger partial charge on any atom is -0.481 e. The Labute approximate surface area is 120 Å². The van der Waals surface area contributed by atoms with Crippen molar-refractivity contribution in [3.63, 3.8) is 0 Å². The molecule has 20 heavy (non-hydrogen) atoms. The maximum atomic E-state index is 11.4.